The number of ether oxygens (including phenoxy) is 3. The maximum atomic E-state index is 13.8. The summed E-state index contributed by atoms with van der Waals surface area (Å²) in [4.78, 5) is 23.8. The number of carbonyl (C=O) groups excluding carboxylic acids is 2. The average molecular weight is 477 g/mol. The van der Waals surface area contributed by atoms with Crippen LogP contribution in [-0.2, 0) is 30.8 Å². The Hall–Kier alpha value is -3.11. The summed E-state index contributed by atoms with van der Waals surface area (Å²) in [5.74, 6) is 0.127. The van der Waals surface area contributed by atoms with Gasteiger partial charge in [0.05, 0.1) is 38.7 Å². The zero-order valence-electron chi connectivity index (χ0n) is 19.3. The van der Waals surface area contributed by atoms with Crippen LogP contribution in [0, 0.1) is 6.92 Å². The number of amides is 1. The van der Waals surface area contributed by atoms with E-state index in [1.165, 1.54) is 38.6 Å². The number of anilines is 1. The number of nitrogens with zero attached hydrogens (tertiary/aromatic N) is 1. The zero-order valence-corrected chi connectivity index (χ0v) is 20.1. The van der Waals surface area contributed by atoms with E-state index < -0.39 is 22.0 Å². The Bertz CT molecular complexity index is 1180. The van der Waals surface area contributed by atoms with Crippen molar-refractivity contribution in [1.29, 1.82) is 0 Å². The van der Waals surface area contributed by atoms with Gasteiger partial charge in [0.1, 0.15) is 0 Å². The van der Waals surface area contributed by atoms with E-state index in [2.05, 4.69) is 5.32 Å². The molecule has 0 aromatic heterocycles. The van der Waals surface area contributed by atoms with Gasteiger partial charge in [0.25, 0.3) is 0 Å². The Morgan fingerprint density at radius 3 is 2.36 bits per heavy atom. The van der Waals surface area contributed by atoms with Gasteiger partial charge >= 0.3 is 5.97 Å². The molecule has 2 aromatic carbocycles. The smallest absolute Gasteiger partial charge is 0.307 e. The lowest BCUT2D eigenvalue weighted by molar-refractivity contribution is -0.141. The monoisotopic (exact) mass is 476 g/mol. The lowest BCUT2D eigenvalue weighted by Gasteiger charge is -2.36. The molecule has 1 aliphatic heterocycles. The van der Waals surface area contributed by atoms with Crippen LogP contribution in [0.1, 0.15) is 36.1 Å². The van der Waals surface area contributed by atoms with Crippen molar-refractivity contribution in [2.75, 3.05) is 33.2 Å². The fourth-order valence-electron chi connectivity index (χ4n) is 4.03. The third kappa shape index (κ3) is 4.96. The number of hydrogen-bond acceptors (Lipinski definition) is 7. The molecule has 1 atom stereocenters. The number of aryl methyl sites for hydroxylation is 1. The van der Waals surface area contributed by atoms with Crippen LogP contribution in [0.5, 0.6) is 11.5 Å². The molecular formula is C23H28N2O7S. The fraction of sp³-hybridized carbons (Fsp3) is 0.391. The number of fused-ring (bicyclic) bond motifs is 1. The van der Waals surface area contributed by atoms with Gasteiger partial charge in [-0.1, -0.05) is 6.07 Å². The van der Waals surface area contributed by atoms with E-state index in [-0.39, 0.29) is 23.8 Å². The molecule has 1 amide bonds. The van der Waals surface area contributed by atoms with Crippen LogP contribution < -0.4 is 14.8 Å². The van der Waals surface area contributed by atoms with E-state index in [1.807, 2.05) is 6.07 Å². The van der Waals surface area contributed by atoms with Crippen molar-refractivity contribution in [3.05, 3.63) is 47.0 Å². The van der Waals surface area contributed by atoms with E-state index in [9.17, 15) is 18.0 Å². The maximum absolute atomic E-state index is 13.8. The molecule has 9 nitrogen and oxygen atoms in total. The van der Waals surface area contributed by atoms with Crippen molar-refractivity contribution in [1.82, 2.24) is 4.31 Å². The van der Waals surface area contributed by atoms with Gasteiger partial charge in [-0.25, -0.2) is 8.42 Å². The van der Waals surface area contributed by atoms with E-state index >= 15 is 0 Å². The summed E-state index contributed by atoms with van der Waals surface area (Å²) in [7, 11) is 0.257. The average Bonchev–Trinajstić information content (AvgIpc) is 2.78. The Labute approximate surface area is 193 Å². The summed E-state index contributed by atoms with van der Waals surface area (Å²) in [5, 5.41) is 2.62. The molecule has 1 aliphatic rings. The molecule has 0 saturated carbocycles. The topological polar surface area (TPSA) is 111 Å². The van der Waals surface area contributed by atoms with Crippen LogP contribution in [0.15, 0.2) is 35.2 Å². The van der Waals surface area contributed by atoms with Crippen molar-refractivity contribution >= 4 is 27.6 Å². The molecule has 10 heteroatoms. The molecule has 0 saturated heterocycles. The number of carbonyl (C=O) groups is 2. The van der Waals surface area contributed by atoms with Crippen molar-refractivity contribution in [3.8, 4) is 11.5 Å². The van der Waals surface area contributed by atoms with E-state index in [1.54, 1.807) is 25.1 Å². The van der Waals surface area contributed by atoms with Gasteiger partial charge < -0.3 is 19.5 Å². The first-order valence-electron chi connectivity index (χ1n) is 10.3. The third-order valence-corrected chi connectivity index (χ3v) is 7.69. The maximum Gasteiger partial charge on any atom is 0.307 e. The van der Waals surface area contributed by atoms with Crippen molar-refractivity contribution in [2.45, 2.75) is 37.6 Å². The predicted molar refractivity (Wildman–Crippen MR) is 122 cm³/mol. The number of hydrogen-bond donors (Lipinski definition) is 1. The van der Waals surface area contributed by atoms with Crippen LogP contribution >= 0.6 is 0 Å². The van der Waals surface area contributed by atoms with Crippen molar-refractivity contribution < 1.29 is 32.2 Å². The predicted octanol–water partition coefficient (Wildman–Crippen LogP) is 2.82. The zero-order chi connectivity index (χ0) is 24.3. The lowest BCUT2D eigenvalue weighted by Crippen LogP contribution is -2.41. The Morgan fingerprint density at radius 1 is 1.09 bits per heavy atom. The van der Waals surface area contributed by atoms with E-state index in [0.717, 1.165) is 5.56 Å². The SMILES string of the molecule is COC(=O)C[C@H]1c2cc(OC)c(OC)cc2CCN1S(=O)(=O)c1cc(NC(C)=O)ccc1C. The standard InChI is InChI=1S/C23H28N2O7S/c1-14-6-7-17(24-15(2)26)11-22(14)33(28,29)25-9-8-16-10-20(30-3)21(31-4)12-18(16)19(25)13-23(27)32-5/h6-7,10-12,19H,8-9,13H2,1-5H3,(H,24,26)/t19-/m0/s1. The van der Waals surface area contributed by atoms with Gasteiger partial charge in [-0.3, -0.25) is 9.59 Å². The first-order chi connectivity index (χ1) is 15.6. The lowest BCUT2D eigenvalue weighted by atomic mass is 9.91. The summed E-state index contributed by atoms with van der Waals surface area (Å²) in [6, 6.07) is 7.44. The first kappa shape index (κ1) is 24.5. The van der Waals surface area contributed by atoms with Gasteiger partial charge in [0.15, 0.2) is 11.5 Å². The molecule has 0 aliphatic carbocycles. The molecule has 0 unspecified atom stereocenters. The molecule has 178 valence electrons. The van der Waals surface area contributed by atoms with Gasteiger partial charge in [-0.05, 0) is 54.3 Å². The molecule has 0 fully saturated rings. The second kappa shape index (κ2) is 9.80. The number of benzene rings is 2. The molecule has 0 spiro atoms. The van der Waals surface area contributed by atoms with Crippen LogP contribution in [0.4, 0.5) is 5.69 Å². The Morgan fingerprint density at radius 2 is 1.76 bits per heavy atom. The van der Waals surface area contributed by atoms with Crippen LogP contribution in [0.3, 0.4) is 0 Å². The highest BCUT2D eigenvalue weighted by molar-refractivity contribution is 7.89. The summed E-state index contributed by atoms with van der Waals surface area (Å²) in [6.45, 7) is 3.20. The summed E-state index contributed by atoms with van der Waals surface area (Å²) >= 11 is 0. The van der Waals surface area contributed by atoms with Crippen LogP contribution in [0.2, 0.25) is 0 Å². The minimum atomic E-state index is -4.03. The number of esters is 1. The normalized spacial score (nSPS) is 16.0. The summed E-state index contributed by atoms with van der Waals surface area (Å²) in [6.07, 6.45) is 0.264. The molecule has 0 bridgehead atoms. The van der Waals surface area contributed by atoms with Gasteiger partial charge in [0.2, 0.25) is 15.9 Å². The third-order valence-electron chi connectivity index (χ3n) is 5.64. The molecule has 1 heterocycles. The highest BCUT2D eigenvalue weighted by atomic mass is 32.2. The quantitative estimate of drug-likeness (QED) is 0.612. The van der Waals surface area contributed by atoms with Crippen LogP contribution in [0.25, 0.3) is 0 Å². The van der Waals surface area contributed by atoms with Gasteiger partial charge in [-0.15, -0.1) is 0 Å². The summed E-state index contributed by atoms with van der Waals surface area (Å²) < 4.78 is 44.6. The fourth-order valence-corrected chi connectivity index (χ4v) is 5.89. The second-order valence-electron chi connectivity index (χ2n) is 7.73. The molecular weight excluding hydrogens is 448 g/mol. The van der Waals surface area contributed by atoms with Gasteiger partial charge in [0, 0.05) is 19.2 Å². The second-order valence-corrected chi connectivity index (χ2v) is 9.59. The van der Waals surface area contributed by atoms with Crippen molar-refractivity contribution in [3.63, 3.8) is 0 Å². The highest BCUT2D eigenvalue weighted by Gasteiger charge is 2.39. The number of sulfonamides is 1. The van der Waals surface area contributed by atoms with Crippen molar-refractivity contribution in [2.24, 2.45) is 0 Å². The number of rotatable bonds is 7. The van der Waals surface area contributed by atoms with Gasteiger partial charge in [-0.2, -0.15) is 4.31 Å². The minimum Gasteiger partial charge on any atom is -0.493 e. The molecule has 0 radical (unpaired) electrons. The molecule has 3 rings (SSSR count). The van der Waals surface area contributed by atoms with E-state index in [0.29, 0.717) is 34.7 Å². The first-order valence-corrected chi connectivity index (χ1v) is 11.8. The minimum absolute atomic E-state index is 0.0625. The Balaban J connectivity index is 2.13. The highest BCUT2D eigenvalue weighted by Crippen LogP contribution is 2.42. The Kier molecular flexibility index (Phi) is 7.28. The molecule has 1 N–H and O–H groups in total. The van der Waals surface area contributed by atoms with Crippen LogP contribution in [-0.4, -0.2) is 52.5 Å². The molecule has 33 heavy (non-hydrogen) atoms. The number of nitrogens with one attached hydrogen (secondary N) is 1. The number of methoxy groups -OCH3 is 3. The van der Waals surface area contributed by atoms with E-state index in [4.69, 9.17) is 14.2 Å². The molecule has 2 aromatic rings. The summed E-state index contributed by atoms with van der Waals surface area (Å²) in [5.41, 5.74) is 2.43. The largest absolute Gasteiger partial charge is 0.493 e.